The van der Waals surface area contributed by atoms with Crippen LogP contribution in [0.1, 0.15) is 17.4 Å². The van der Waals surface area contributed by atoms with Crippen molar-refractivity contribution in [3.63, 3.8) is 0 Å². The van der Waals surface area contributed by atoms with Gasteiger partial charge < -0.3 is 20.4 Å². The minimum absolute atomic E-state index is 0.140. The number of hydrogen-bond acceptors (Lipinski definition) is 5. The first-order valence-corrected chi connectivity index (χ1v) is 5.94. The lowest BCUT2D eigenvalue weighted by atomic mass is 10.3. The Hall–Kier alpha value is -1.66. The molecule has 0 aliphatic heterocycles. The van der Waals surface area contributed by atoms with Crippen molar-refractivity contribution in [3.05, 3.63) is 23.9 Å². The SMILES string of the molecule is CCNc1cccc(C(=O)N(CCO)CCO)n1. The zero-order chi connectivity index (χ0) is 13.4. The molecule has 100 valence electrons. The molecule has 18 heavy (non-hydrogen) atoms. The van der Waals surface area contributed by atoms with Crippen LogP contribution in [0.3, 0.4) is 0 Å². The number of rotatable bonds is 7. The zero-order valence-corrected chi connectivity index (χ0v) is 10.5. The number of anilines is 1. The number of aliphatic hydroxyl groups excluding tert-OH is 2. The van der Waals surface area contributed by atoms with Crippen molar-refractivity contribution < 1.29 is 15.0 Å². The van der Waals surface area contributed by atoms with Gasteiger partial charge >= 0.3 is 0 Å². The van der Waals surface area contributed by atoms with E-state index in [4.69, 9.17) is 10.2 Å². The Labute approximate surface area is 106 Å². The number of pyridine rings is 1. The number of aromatic nitrogens is 1. The molecule has 0 saturated carbocycles. The monoisotopic (exact) mass is 253 g/mol. The van der Waals surface area contributed by atoms with Crippen molar-refractivity contribution in [3.8, 4) is 0 Å². The Balaban J connectivity index is 2.82. The van der Waals surface area contributed by atoms with Crippen LogP contribution in [0.5, 0.6) is 0 Å². The maximum Gasteiger partial charge on any atom is 0.272 e. The number of aliphatic hydroxyl groups is 2. The Kier molecular flexibility index (Phi) is 6.10. The third-order valence-corrected chi connectivity index (χ3v) is 2.35. The van der Waals surface area contributed by atoms with Gasteiger partial charge in [0.15, 0.2) is 0 Å². The van der Waals surface area contributed by atoms with Gasteiger partial charge in [0.25, 0.3) is 5.91 Å². The summed E-state index contributed by atoms with van der Waals surface area (Å²) in [6.07, 6.45) is 0. The number of nitrogens with one attached hydrogen (secondary N) is 1. The summed E-state index contributed by atoms with van der Waals surface area (Å²) in [6.45, 7) is 2.76. The van der Waals surface area contributed by atoms with Crippen LogP contribution >= 0.6 is 0 Å². The second kappa shape index (κ2) is 7.62. The van der Waals surface area contributed by atoms with E-state index in [0.717, 1.165) is 6.54 Å². The average Bonchev–Trinajstić information content (AvgIpc) is 2.38. The summed E-state index contributed by atoms with van der Waals surface area (Å²) in [5.41, 5.74) is 0.301. The molecule has 1 amide bonds. The van der Waals surface area contributed by atoms with Gasteiger partial charge in [-0.3, -0.25) is 4.79 Å². The molecule has 6 nitrogen and oxygen atoms in total. The van der Waals surface area contributed by atoms with Crippen LogP contribution in [-0.4, -0.2) is 58.9 Å². The fourth-order valence-corrected chi connectivity index (χ4v) is 1.55. The molecule has 0 radical (unpaired) electrons. The molecule has 0 unspecified atom stereocenters. The van der Waals surface area contributed by atoms with Crippen molar-refractivity contribution >= 4 is 11.7 Å². The molecule has 0 saturated heterocycles. The van der Waals surface area contributed by atoms with Crippen molar-refractivity contribution in [2.75, 3.05) is 38.2 Å². The van der Waals surface area contributed by atoms with Gasteiger partial charge in [-0.05, 0) is 19.1 Å². The highest BCUT2D eigenvalue weighted by Gasteiger charge is 2.16. The number of hydrogen-bond donors (Lipinski definition) is 3. The highest BCUT2D eigenvalue weighted by molar-refractivity contribution is 5.92. The lowest BCUT2D eigenvalue weighted by Crippen LogP contribution is -2.36. The first-order valence-electron chi connectivity index (χ1n) is 5.94. The molecule has 0 spiro atoms. The molecule has 1 rings (SSSR count). The van der Waals surface area contributed by atoms with E-state index < -0.39 is 0 Å². The van der Waals surface area contributed by atoms with Crippen LogP contribution in [0.2, 0.25) is 0 Å². The smallest absolute Gasteiger partial charge is 0.272 e. The van der Waals surface area contributed by atoms with Gasteiger partial charge in [0.05, 0.1) is 13.2 Å². The van der Waals surface area contributed by atoms with E-state index in [1.54, 1.807) is 18.2 Å². The fraction of sp³-hybridized carbons (Fsp3) is 0.500. The van der Waals surface area contributed by atoms with E-state index in [2.05, 4.69) is 10.3 Å². The summed E-state index contributed by atoms with van der Waals surface area (Å²) >= 11 is 0. The highest BCUT2D eigenvalue weighted by Crippen LogP contribution is 2.07. The average molecular weight is 253 g/mol. The van der Waals surface area contributed by atoms with Crippen LogP contribution in [0.4, 0.5) is 5.82 Å². The van der Waals surface area contributed by atoms with Gasteiger partial charge in [0, 0.05) is 19.6 Å². The van der Waals surface area contributed by atoms with E-state index >= 15 is 0 Å². The Bertz CT molecular complexity index is 379. The molecule has 1 aromatic rings. The summed E-state index contributed by atoms with van der Waals surface area (Å²) in [5.74, 6) is 0.342. The molecule has 6 heteroatoms. The molecule has 3 N–H and O–H groups in total. The van der Waals surface area contributed by atoms with E-state index in [9.17, 15) is 4.79 Å². The molecule has 0 aromatic carbocycles. The second-order valence-corrected chi connectivity index (χ2v) is 3.68. The van der Waals surface area contributed by atoms with Crippen molar-refractivity contribution in [2.24, 2.45) is 0 Å². The molecule has 0 atom stereocenters. The molecule has 0 bridgehead atoms. The molecule has 1 heterocycles. The van der Waals surface area contributed by atoms with Gasteiger partial charge in [-0.2, -0.15) is 0 Å². The van der Waals surface area contributed by atoms with Crippen LogP contribution in [-0.2, 0) is 0 Å². The van der Waals surface area contributed by atoms with E-state index in [-0.39, 0.29) is 32.2 Å². The molecule has 0 aliphatic carbocycles. The standard InChI is InChI=1S/C12H19N3O3/c1-2-13-11-5-3-4-10(14-11)12(18)15(6-8-16)7-9-17/h3-5,16-17H,2,6-9H2,1H3,(H,13,14). The molecule has 1 aromatic heterocycles. The van der Waals surface area contributed by atoms with Gasteiger partial charge in [-0.15, -0.1) is 0 Å². The predicted molar refractivity (Wildman–Crippen MR) is 68.5 cm³/mol. The predicted octanol–water partition coefficient (Wildman–Crippen LogP) is -0.0598. The van der Waals surface area contributed by atoms with Crippen LogP contribution in [0.25, 0.3) is 0 Å². The van der Waals surface area contributed by atoms with Crippen LogP contribution in [0.15, 0.2) is 18.2 Å². The summed E-state index contributed by atoms with van der Waals surface area (Å²) < 4.78 is 0. The van der Waals surface area contributed by atoms with E-state index in [0.29, 0.717) is 11.5 Å². The molecule has 0 fully saturated rings. The topological polar surface area (TPSA) is 85.7 Å². The molecular weight excluding hydrogens is 234 g/mol. The number of carbonyl (C=O) groups excluding carboxylic acids is 1. The van der Waals surface area contributed by atoms with Crippen LogP contribution in [0, 0.1) is 0 Å². The number of amides is 1. The summed E-state index contributed by atoms with van der Waals surface area (Å²) in [6, 6.07) is 5.14. The minimum Gasteiger partial charge on any atom is -0.395 e. The quantitative estimate of drug-likeness (QED) is 0.634. The van der Waals surface area contributed by atoms with Gasteiger partial charge in [0.1, 0.15) is 11.5 Å². The van der Waals surface area contributed by atoms with Crippen molar-refractivity contribution in [2.45, 2.75) is 6.92 Å². The Morgan fingerprint density at radius 2 is 2.00 bits per heavy atom. The maximum atomic E-state index is 12.1. The van der Waals surface area contributed by atoms with E-state index in [1.807, 2.05) is 6.92 Å². The first-order chi connectivity index (χ1) is 8.72. The Morgan fingerprint density at radius 3 is 2.56 bits per heavy atom. The lowest BCUT2D eigenvalue weighted by molar-refractivity contribution is 0.0679. The molecular formula is C12H19N3O3. The van der Waals surface area contributed by atoms with Gasteiger partial charge in [-0.1, -0.05) is 6.07 Å². The Morgan fingerprint density at radius 1 is 1.33 bits per heavy atom. The third kappa shape index (κ3) is 3.97. The van der Waals surface area contributed by atoms with Crippen molar-refractivity contribution in [1.82, 2.24) is 9.88 Å². The fourth-order valence-electron chi connectivity index (χ4n) is 1.55. The summed E-state index contributed by atoms with van der Waals surface area (Å²) in [5, 5.41) is 20.8. The van der Waals surface area contributed by atoms with Crippen molar-refractivity contribution in [1.29, 1.82) is 0 Å². The first kappa shape index (κ1) is 14.4. The van der Waals surface area contributed by atoms with Gasteiger partial charge in [0.2, 0.25) is 0 Å². The van der Waals surface area contributed by atoms with Crippen LogP contribution < -0.4 is 5.32 Å². The van der Waals surface area contributed by atoms with Gasteiger partial charge in [-0.25, -0.2) is 4.98 Å². The third-order valence-electron chi connectivity index (χ3n) is 2.35. The minimum atomic E-state index is -0.294. The highest BCUT2D eigenvalue weighted by atomic mass is 16.3. The maximum absolute atomic E-state index is 12.1. The zero-order valence-electron chi connectivity index (χ0n) is 10.5. The molecule has 0 aliphatic rings. The summed E-state index contributed by atoms with van der Waals surface area (Å²) in [7, 11) is 0. The lowest BCUT2D eigenvalue weighted by Gasteiger charge is -2.20. The second-order valence-electron chi connectivity index (χ2n) is 3.68. The normalized spacial score (nSPS) is 10.2. The number of nitrogens with zero attached hydrogens (tertiary/aromatic N) is 2. The van der Waals surface area contributed by atoms with E-state index in [1.165, 1.54) is 4.90 Å². The number of carbonyl (C=O) groups is 1. The summed E-state index contributed by atoms with van der Waals surface area (Å²) in [4.78, 5) is 17.6. The largest absolute Gasteiger partial charge is 0.395 e.